The summed E-state index contributed by atoms with van der Waals surface area (Å²) < 4.78 is 4.91. The van der Waals surface area contributed by atoms with Gasteiger partial charge in [0.1, 0.15) is 0 Å². The third-order valence-corrected chi connectivity index (χ3v) is 4.26. The average Bonchev–Trinajstić information content (AvgIpc) is 2.61. The molecule has 3 nitrogen and oxygen atoms in total. The summed E-state index contributed by atoms with van der Waals surface area (Å²) in [6, 6.07) is 0.346. The summed E-state index contributed by atoms with van der Waals surface area (Å²) in [5.41, 5.74) is -0.194. The molecule has 2 saturated heterocycles. The van der Waals surface area contributed by atoms with Crippen LogP contribution >= 0.6 is 11.8 Å². The fourth-order valence-electron chi connectivity index (χ4n) is 2.36. The Morgan fingerprint density at radius 2 is 2.46 bits per heavy atom. The maximum Gasteiger partial charge on any atom is 0.313 e. The van der Waals surface area contributed by atoms with E-state index in [4.69, 9.17) is 4.74 Å². The Morgan fingerprint density at radius 1 is 1.62 bits per heavy atom. The standard InChI is InChI=1S/C9H15NO2S/c1-12-8(11)9-2-4-10-7(9)6-13-5-3-9/h7,10H,2-6H2,1H3. The predicted octanol–water partition coefficient (Wildman–Crippen LogP) is 0.645. The lowest BCUT2D eigenvalue weighted by Crippen LogP contribution is -2.47. The van der Waals surface area contributed by atoms with Crippen LogP contribution in [0, 0.1) is 5.41 Å². The molecule has 0 amide bonds. The van der Waals surface area contributed by atoms with Gasteiger partial charge < -0.3 is 10.1 Å². The number of rotatable bonds is 1. The number of fused-ring (bicyclic) bond motifs is 1. The van der Waals surface area contributed by atoms with Gasteiger partial charge in [0, 0.05) is 11.8 Å². The largest absolute Gasteiger partial charge is 0.469 e. The van der Waals surface area contributed by atoms with Gasteiger partial charge in [-0.05, 0) is 25.1 Å². The van der Waals surface area contributed by atoms with Crippen LogP contribution in [-0.4, -0.2) is 37.2 Å². The van der Waals surface area contributed by atoms with E-state index in [2.05, 4.69) is 5.32 Å². The lowest BCUT2D eigenvalue weighted by Gasteiger charge is -2.35. The zero-order valence-electron chi connectivity index (χ0n) is 7.84. The first-order chi connectivity index (χ1) is 6.29. The number of methoxy groups -OCH3 is 1. The van der Waals surface area contributed by atoms with E-state index >= 15 is 0 Å². The van der Waals surface area contributed by atoms with Crippen LogP contribution in [0.5, 0.6) is 0 Å². The minimum Gasteiger partial charge on any atom is -0.469 e. The van der Waals surface area contributed by atoms with Crippen LogP contribution in [0.2, 0.25) is 0 Å². The van der Waals surface area contributed by atoms with Crippen molar-refractivity contribution >= 4 is 17.7 Å². The van der Waals surface area contributed by atoms with Gasteiger partial charge in [-0.1, -0.05) is 0 Å². The molecule has 1 N–H and O–H groups in total. The van der Waals surface area contributed by atoms with Gasteiger partial charge in [0.25, 0.3) is 0 Å². The molecule has 0 bridgehead atoms. The third kappa shape index (κ3) is 1.36. The molecule has 0 spiro atoms. The topological polar surface area (TPSA) is 38.3 Å². The minimum atomic E-state index is -0.194. The number of esters is 1. The van der Waals surface area contributed by atoms with E-state index in [1.807, 2.05) is 11.8 Å². The molecule has 0 aromatic rings. The van der Waals surface area contributed by atoms with E-state index in [1.165, 1.54) is 7.11 Å². The third-order valence-electron chi connectivity index (χ3n) is 3.20. The molecule has 2 aliphatic heterocycles. The van der Waals surface area contributed by atoms with Crippen molar-refractivity contribution < 1.29 is 9.53 Å². The van der Waals surface area contributed by atoms with Crippen LogP contribution in [0.1, 0.15) is 12.8 Å². The molecular weight excluding hydrogens is 186 g/mol. The van der Waals surface area contributed by atoms with Crippen LogP contribution in [-0.2, 0) is 9.53 Å². The molecule has 0 radical (unpaired) electrons. The Bertz CT molecular complexity index is 222. The fourth-order valence-corrected chi connectivity index (χ4v) is 3.71. The van der Waals surface area contributed by atoms with Crippen LogP contribution in [0.3, 0.4) is 0 Å². The summed E-state index contributed by atoms with van der Waals surface area (Å²) >= 11 is 1.93. The highest BCUT2D eigenvalue weighted by Gasteiger charge is 2.51. The molecule has 2 fully saturated rings. The van der Waals surface area contributed by atoms with Crippen molar-refractivity contribution in [1.29, 1.82) is 0 Å². The van der Waals surface area contributed by atoms with Gasteiger partial charge >= 0.3 is 5.97 Å². The Hall–Kier alpha value is -0.220. The summed E-state index contributed by atoms with van der Waals surface area (Å²) in [4.78, 5) is 11.7. The van der Waals surface area contributed by atoms with E-state index in [0.29, 0.717) is 6.04 Å². The summed E-state index contributed by atoms with van der Waals surface area (Å²) in [6.45, 7) is 0.959. The first-order valence-electron chi connectivity index (χ1n) is 4.69. The van der Waals surface area contributed by atoms with Crippen LogP contribution in [0.15, 0.2) is 0 Å². The van der Waals surface area contributed by atoms with E-state index in [9.17, 15) is 4.79 Å². The van der Waals surface area contributed by atoms with Crippen LogP contribution in [0.25, 0.3) is 0 Å². The SMILES string of the molecule is COC(=O)C12CCNC1CSCC2. The van der Waals surface area contributed by atoms with Crippen LogP contribution in [0.4, 0.5) is 0 Å². The van der Waals surface area contributed by atoms with Gasteiger partial charge in [-0.3, -0.25) is 4.79 Å². The van der Waals surface area contributed by atoms with E-state index in [1.54, 1.807) is 0 Å². The van der Waals surface area contributed by atoms with Crippen molar-refractivity contribution in [2.24, 2.45) is 5.41 Å². The molecular formula is C9H15NO2S. The number of nitrogens with one attached hydrogen (secondary N) is 1. The normalized spacial score (nSPS) is 38.4. The van der Waals surface area contributed by atoms with Gasteiger partial charge in [-0.15, -0.1) is 0 Å². The molecule has 0 aliphatic carbocycles. The summed E-state index contributed by atoms with van der Waals surface area (Å²) in [7, 11) is 1.49. The fraction of sp³-hybridized carbons (Fsp3) is 0.889. The lowest BCUT2D eigenvalue weighted by atomic mass is 9.78. The Labute approximate surface area is 82.6 Å². The Morgan fingerprint density at radius 3 is 3.23 bits per heavy atom. The number of ether oxygens (including phenoxy) is 1. The van der Waals surface area contributed by atoms with Crippen molar-refractivity contribution in [3.8, 4) is 0 Å². The van der Waals surface area contributed by atoms with E-state index in [0.717, 1.165) is 30.9 Å². The average molecular weight is 201 g/mol. The molecule has 2 heterocycles. The Kier molecular flexibility index (Phi) is 2.51. The molecule has 2 rings (SSSR count). The summed E-state index contributed by atoms with van der Waals surface area (Å²) in [5, 5.41) is 3.39. The van der Waals surface area contributed by atoms with Gasteiger partial charge in [-0.25, -0.2) is 0 Å². The maximum atomic E-state index is 11.7. The highest BCUT2D eigenvalue weighted by molar-refractivity contribution is 7.99. The van der Waals surface area contributed by atoms with Gasteiger partial charge in [-0.2, -0.15) is 11.8 Å². The molecule has 0 aromatic heterocycles. The molecule has 0 aromatic carbocycles. The number of carbonyl (C=O) groups is 1. The number of carbonyl (C=O) groups excluding carboxylic acids is 1. The predicted molar refractivity (Wildman–Crippen MR) is 52.8 cm³/mol. The van der Waals surface area contributed by atoms with E-state index in [-0.39, 0.29) is 11.4 Å². The Balaban J connectivity index is 2.20. The van der Waals surface area contributed by atoms with Crippen molar-refractivity contribution in [3.05, 3.63) is 0 Å². The van der Waals surface area contributed by atoms with Crippen molar-refractivity contribution in [3.63, 3.8) is 0 Å². The first-order valence-corrected chi connectivity index (χ1v) is 5.84. The van der Waals surface area contributed by atoms with Crippen molar-refractivity contribution in [2.75, 3.05) is 25.2 Å². The number of thioether (sulfide) groups is 1. The zero-order chi connectivity index (χ0) is 9.31. The molecule has 2 unspecified atom stereocenters. The molecule has 2 aliphatic rings. The molecule has 74 valence electrons. The summed E-state index contributed by atoms with van der Waals surface area (Å²) in [6.07, 6.45) is 1.92. The quantitative estimate of drug-likeness (QED) is 0.632. The highest BCUT2D eigenvalue weighted by atomic mass is 32.2. The summed E-state index contributed by atoms with van der Waals surface area (Å²) in [5.74, 6) is 2.13. The number of hydrogen-bond donors (Lipinski definition) is 1. The molecule has 13 heavy (non-hydrogen) atoms. The smallest absolute Gasteiger partial charge is 0.313 e. The second-order valence-electron chi connectivity index (χ2n) is 3.73. The molecule has 4 heteroatoms. The van der Waals surface area contributed by atoms with Gasteiger partial charge in [0.05, 0.1) is 12.5 Å². The van der Waals surface area contributed by atoms with Crippen LogP contribution < -0.4 is 5.32 Å². The highest BCUT2D eigenvalue weighted by Crippen LogP contribution is 2.42. The zero-order valence-corrected chi connectivity index (χ0v) is 8.65. The van der Waals surface area contributed by atoms with Gasteiger partial charge in [0.15, 0.2) is 0 Å². The first kappa shape index (κ1) is 9.34. The second-order valence-corrected chi connectivity index (χ2v) is 4.88. The second kappa shape index (κ2) is 3.50. The van der Waals surface area contributed by atoms with E-state index < -0.39 is 0 Å². The van der Waals surface area contributed by atoms with Gasteiger partial charge in [0.2, 0.25) is 0 Å². The molecule has 0 saturated carbocycles. The minimum absolute atomic E-state index is 0.0113. The van der Waals surface area contributed by atoms with Crippen molar-refractivity contribution in [1.82, 2.24) is 5.32 Å². The molecule has 2 atom stereocenters. The number of hydrogen-bond acceptors (Lipinski definition) is 4. The van der Waals surface area contributed by atoms with Crippen molar-refractivity contribution in [2.45, 2.75) is 18.9 Å². The monoisotopic (exact) mass is 201 g/mol. The lowest BCUT2D eigenvalue weighted by molar-refractivity contribution is -0.153. The maximum absolute atomic E-state index is 11.7.